The summed E-state index contributed by atoms with van der Waals surface area (Å²) in [5.74, 6) is 1.13. The van der Waals surface area contributed by atoms with Crippen LogP contribution in [0.1, 0.15) is 74.7 Å². The van der Waals surface area contributed by atoms with Crippen LogP contribution in [0, 0.1) is 13.8 Å². The van der Waals surface area contributed by atoms with E-state index in [1.165, 1.54) is 14.2 Å². The van der Waals surface area contributed by atoms with Crippen molar-refractivity contribution in [3.05, 3.63) is 71.6 Å². The van der Waals surface area contributed by atoms with Crippen LogP contribution in [0.25, 0.3) is 33.6 Å². The summed E-state index contributed by atoms with van der Waals surface area (Å²) < 4.78 is 9.31. The monoisotopic (exact) mass is 710 g/mol. The van der Waals surface area contributed by atoms with Crippen LogP contribution in [0.15, 0.2) is 48.5 Å². The number of imidazole rings is 2. The number of aromatic amines is 2. The van der Waals surface area contributed by atoms with Crippen molar-refractivity contribution >= 4 is 24.0 Å². The number of nitrogens with one attached hydrogen (secondary N) is 4. The first kappa shape index (κ1) is 36.1. The van der Waals surface area contributed by atoms with Gasteiger partial charge in [-0.15, -0.1) is 0 Å². The Kier molecular flexibility index (Phi) is 10.6. The number of methoxy groups -OCH3 is 2. The van der Waals surface area contributed by atoms with E-state index in [1.54, 1.807) is 23.6 Å². The van der Waals surface area contributed by atoms with E-state index >= 15 is 0 Å². The molecule has 2 aliphatic heterocycles. The maximum absolute atomic E-state index is 13.2. The summed E-state index contributed by atoms with van der Waals surface area (Å²) in [6, 6.07) is 14.7. The number of nitrogens with zero attached hydrogens (tertiary/aromatic N) is 4. The lowest BCUT2D eigenvalue weighted by atomic mass is 10.0. The largest absolute Gasteiger partial charge is 0.453 e. The van der Waals surface area contributed by atoms with Crippen molar-refractivity contribution in [1.29, 1.82) is 0 Å². The van der Waals surface area contributed by atoms with Gasteiger partial charge in [0.2, 0.25) is 11.8 Å². The fourth-order valence-corrected chi connectivity index (χ4v) is 7.21. The van der Waals surface area contributed by atoms with Crippen LogP contribution >= 0.6 is 0 Å². The third kappa shape index (κ3) is 7.37. The van der Waals surface area contributed by atoms with E-state index in [2.05, 4.69) is 78.6 Å². The standard InChI is InChI=1S/C38H46N8O6/c1-21-31(43-33(39-21)29-9-7-19-45(29)35(47)23(3)41-37(49)51-5)27-15-11-25(12-16-27)26-13-17-28(18-14-26)32-22(2)40-34(44-32)30-10-8-20-46(30)36(48)24(4)42-38(50)52-6/h11-18,23-24,29-30H,7-10,19-20H2,1-6H3,(H,39,43)(H,40,44)(H,41,49)(H,42,50)/t23-,24+,29-,30-/m0/s1. The molecule has 0 spiro atoms. The molecule has 4 atom stereocenters. The fourth-order valence-electron chi connectivity index (χ4n) is 7.21. The highest BCUT2D eigenvalue weighted by Crippen LogP contribution is 2.36. The number of hydrogen-bond acceptors (Lipinski definition) is 8. The van der Waals surface area contributed by atoms with Crippen LogP contribution in [0.4, 0.5) is 9.59 Å². The highest BCUT2D eigenvalue weighted by Gasteiger charge is 2.36. The third-order valence-electron chi connectivity index (χ3n) is 9.94. The van der Waals surface area contributed by atoms with Crippen molar-refractivity contribution in [2.45, 2.75) is 77.5 Å². The number of carbonyl (C=O) groups is 4. The molecule has 2 saturated heterocycles. The molecule has 6 rings (SSSR count). The molecule has 0 radical (unpaired) electrons. The average molecular weight is 711 g/mol. The van der Waals surface area contributed by atoms with Gasteiger partial charge in [-0.2, -0.15) is 0 Å². The molecule has 274 valence electrons. The quantitative estimate of drug-likeness (QED) is 0.175. The summed E-state index contributed by atoms with van der Waals surface area (Å²) in [5, 5.41) is 5.13. The molecule has 0 unspecified atom stereocenters. The predicted molar refractivity (Wildman–Crippen MR) is 194 cm³/mol. The average Bonchev–Trinajstić information content (AvgIpc) is 3.97. The van der Waals surface area contributed by atoms with E-state index in [-0.39, 0.29) is 23.9 Å². The molecule has 0 bridgehead atoms. The minimum absolute atomic E-state index is 0.171. The van der Waals surface area contributed by atoms with Crippen molar-refractivity contribution in [3.63, 3.8) is 0 Å². The first-order chi connectivity index (χ1) is 25.0. The van der Waals surface area contributed by atoms with E-state index in [0.717, 1.165) is 82.4 Å². The highest BCUT2D eigenvalue weighted by atomic mass is 16.5. The van der Waals surface area contributed by atoms with Gasteiger partial charge < -0.3 is 39.9 Å². The number of carbonyl (C=O) groups excluding carboxylic acids is 4. The van der Waals surface area contributed by atoms with Gasteiger partial charge in [0.15, 0.2) is 0 Å². The van der Waals surface area contributed by atoms with E-state index < -0.39 is 24.3 Å². The predicted octanol–water partition coefficient (Wildman–Crippen LogP) is 5.57. The topological polar surface area (TPSA) is 175 Å². The third-order valence-corrected chi connectivity index (χ3v) is 9.94. The van der Waals surface area contributed by atoms with Gasteiger partial charge in [0.25, 0.3) is 0 Å². The second-order valence-electron chi connectivity index (χ2n) is 13.4. The molecule has 2 aliphatic rings. The molecule has 14 heteroatoms. The second kappa shape index (κ2) is 15.3. The van der Waals surface area contributed by atoms with Gasteiger partial charge in [-0.25, -0.2) is 19.6 Å². The number of benzene rings is 2. The molecule has 4 heterocycles. The summed E-state index contributed by atoms with van der Waals surface area (Å²) in [5.41, 5.74) is 7.53. The molecule has 2 fully saturated rings. The Hall–Kier alpha value is -5.66. The van der Waals surface area contributed by atoms with E-state index in [9.17, 15) is 19.2 Å². The minimum Gasteiger partial charge on any atom is -0.453 e. The summed E-state index contributed by atoms with van der Waals surface area (Å²) in [4.78, 5) is 69.9. The van der Waals surface area contributed by atoms with Gasteiger partial charge in [-0.05, 0) is 64.5 Å². The fraction of sp³-hybridized carbons (Fsp3) is 0.421. The smallest absolute Gasteiger partial charge is 0.407 e. The molecule has 0 saturated carbocycles. The van der Waals surface area contributed by atoms with Gasteiger partial charge in [0, 0.05) is 35.6 Å². The molecule has 2 aromatic carbocycles. The molecule has 0 aliphatic carbocycles. The lowest BCUT2D eigenvalue weighted by molar-refractivity contribution is -0.134. The zero-order valence-corrected chi connectivity index (χ0v) is 30.4. The Balaban J connectivity index is 1.13. The number of likely N-dealkylation sites (tertiary alicyclic amines) is 2. The Morgan fingerprint density at radius 2 is 1.00 bits per heavy atom. The maximum atomic E-state index is 13.2. The maximum Gasteiger partial charge on any atom is 0.407 e. The summed E-state index contributed by atoms with van der Waals surface area (Å²) in [6.07, 6.45) is 1.99. The first-order valence-corrected chi connectivity index (χ1v) is 17.6. The SMILES string of the molecule is COC(=O)N[C@@H](C)C(=O)N1CCC[C@H]1c1nc(-c2ccc(-c3ccc(-c4nc([C@@H]5CCCN5C(=O)[C@@H](C)NC(=O)OC)[nH]c4C)cc3)cc2)c(C)[nH]1. The lowest BCUT2D eigenvalue weighted by Gasteiger charge is -2.26. The molecular weight excluding hydrogens is 664 g/mol. The number of H-pyrrole nitrogens is 2. The van der Waals surface area contributed by atoms with Crippen molar-refractivity contribution < 1.29 is 28.7 Å². The molecule has 14 nitrogen and oxygen atoms in total. The van der Waals surface area contributed by atoms with Crippen LogP contribution in [-0.2, 0) is 19.1 Å². The van der Waals surface area contributed by atoms with Gasteiger partial charge >= 0.3 is 12.2 Å². The number of amides is 4. The van der Waals surface area contributed by atoms with Crippen LogP contribution < -0.4 is 10.6 Å². The van der Waals surface area contributed by atoms with Crippen LogP contribution in [0.5, 0.6) is 0 Å². The molecule has 4 N–H and O–H groups in total. The Bertz CT molecular complexity index is 1800. The normalized spacial score (nSPS) is 18.2. The number of rotatable bonds is 9. The lowest BCUT2D eigenvalue weighted by Crippen LogP contribution is -2.46. The van der Waals surface area contributed by atoms with E-state index in [0.29, 0.717) is 13.1 Å². The van der Waals surface area contributed by atoms with Crippen molar-refractivity contribution in [1.82, 2.24) is 40.4 Å². The molecule has 52 heavy (non-hydrogen) atoms. The van der Waals surface area contributed by atoms with E-state index in [4.69, 9.17) is 9.97 Å². The molecule has 4 aromatic rings. The summed E-state index contributed by atoms with van der Waals surface area (Å²) in [7, 11) is 2.54. The van der Waals surface area contributed by atoms with Crippen molar-refractivity contribution in [3.8, 4) is 33.6 Å². The van der Waals surface area contributed by atoms with Gasteiger partial charge in [0.1, 0.15) is 23.7 Å². The Morgan fingerprint density at radius 3 is 1.35 bits per heavy atom. The van der Waals surface area contributed by atoms with Crippen LogP contribution in [0.3, 0.4) is 0 Å². The molecule has 2 aromatic heterocycles. The number of alkyl carbamates (subject to hydrolysis) is 2. The van der Waals surface area contributed by atoms with Crippen LogP contribution in [0.2, 0.25) is 0 Å². The second-order valence-corrected chi connectivity index (χ2v) is 13.4. The Labute approximate surface area is 302 Å². The number of ether oxygens (including phenoxy) is 2. The van der Waals surface area contributed by atoms with Crippen LogP contribution in [-0.4, -0.2) is 93.1 Å². The summed E-state index contributed by atoms with van der Waals surface area (Å²) >= 11 is 0. The van der Waals surface area contributed by atoms with Gasteiger partial charge in [0.05, 0.1) is 37.7 Å². The zero-order valence-electron chi connectivity index (χ0n) is 30.4. The number of aryl methyl sites for hydroxylation is 2. The van der Waals surface area contributed by atoms with Gasteiger partial charge in [-0.1, -0.05) is 48.5 Å². The number of hydrogen-bond donors (Lipinski definition) is 4. The minimum atomic E-state index is -0.709. The van der Waals surface area contributed by atoms with E-state index in [1.807, 2.05) is 13.8 Å². The Morgan fingerprint density at radius 1 is 0.654 bits per heavy atom. The van der Waals surface area contributed by atoms with Crippen molar-refractivity contribution in [2.24, 2.45) is 0 Å². The zero-order chi connectivity index (χ0) is 37.1. The molecular formula is C38H46N8O6. The highest BCUT2D eigenvalue weighted by molar-refractivity contribution is 5.86. The number of aromatic nitrogens is 4. The van der Waals surface area contributed by atoms with Gasteiger partial charge in [-0.3, -0.25) is 9.59 Å². The molecule has 4 amide bonds. The summed E-state index contributed by atoms with van der Waals surface area (Å²) in [6.45, 7) is 8.46. The van der Waals surface area contributed by atoms with Crippen molar-refractivity contribution in [2.75, 3.05) is 27.3 Å². The first-order valence-electron chi connectivity index (χ1n) is 17.6.